The minimum Gasteiger partial charge on any atom is -0.346 e. The lowest BCUT2D eigenvalue weighted by Crippen LogP contribution is -2.18. The minimum atomic E-state index is -3.48. The summed E-state index contributed by atoms with van der Waals surface area (Å²) in [6.45, 7) is 8.04. The highest BCUT2D eigenvalue weighted by atomic mass is 32.2. The maximum Gasteiger partial charge on any atom is 0.257 e. The van der Waals surface area contributed by atoms with E-state index in [4.69, 9.17) is 0 Å². The Morgan fingerprint density at radius 1 is 1.12 bits per heavy atom. The Morgan fingerprint density at radius 2 is 1.71 bits per heavy atom. The molecule has 0 aliphatic carbocycles. The number of amides is 1. The molecule has 24 heavy (non-hydrogen) atoms. The Labute approximate surface area is 142 Å². The van der Waals surface area contributed by atoms with E-state index in [1.54, 1.807) is 12.1 Å². The van der Waals surface area contributed by atoms with Crippen LogP contribution in [0, 0.1) is 13.8 Å². The van der Waals surface area contributed by atoms with Gasteiger partial charge in [-0.05, 0) is 65.1 Å². The first-order chi connectivity index (χ1) is 11.2. The number of sulfonamides is 1. The van der Waals surface area contributed by atoms with Crippen molar-refractivity contribution in [2.75, 3.05) is 12.4 Å². The van der Waals surface area contributed by atoms with Crippen molar-refractivity contribution in [3.05, 3.63) is 47.3 Å². The number of rotatable bonds is 5. The predicted octanol–water partition coefficient (Wildman–Crippen LogP) is 2.85. The van der Waals surface area contributed by atoms with E-state index in [-0.39, 0.29) is 16.8 Å². The lowest BCUT2D eigenvalue weighted by atomic mass is 10.2. The third kappa shape index (κ3) is 3.52. The van der Waals surface area contributed by atoms with Gasteiger partial charge in [0.05, 0.1) is 10.5 Å². The highest BCUT2D eigenvalue weighted by Crippen LogP contribution is 2.21. The van der Waals surface area contributed by atoms with Crippen LogP contribution in [0.2, 0.25) is 0 Å². The monoisotopic (exact) mass is 349 g/mol. The van der Waals surface area contributed by atoms with Crippen molar-refractivity contribution in [1.29, 1.82) is 0 Å². The van der Waals surface area contributed by atoms with Gasteiger partial charge in [-0.25, -0.2) is 13.1 Å². The molecule has 130 valence electrons. The van der Waals surface area contributed by atoms with E-state index >= 15 is 0 Å². The number of anilines is 1. The van der Waals surface area contributed by atoms with E-state index in [9.17, 15) is 13.2 Å². The highest BCUT2D eigenvalue weighted by Gasteiger charge is 2.17. The number of nitrogens with zero attached hydrogens (tertiary/aromatic N) is 1. The zero-order valence-electron chi connectivity index (χ0n) is 14.5. The second kappa shape index (κ2) is 6.78. The SMILES string of the molecule is CNS(=O)(=O)c1ccc(NC(=O)c2cc(C)n(C(C)C)c2C)cc1. The molecule has 2 N–H and O–H groups in total. The number of nitrogens with one attached hydrogen (secondary N) is 2. The summed E-state index contributed by atoms with van der Waals surface area (Å²) in [5.41, 5.74) is 3.11. The van der Waals surface area contributed by atoms with Crippen LogP contribution in [-0.2, 0) is 10.0 Å². The molecule has 0 aliphatic rings. The first-order valence-corrected chi connectivity index (χ1v) is 9.19. The maximum absolute atomic E-state index is 12.5. The molecule has 0 fully saturated rings. The van der Waals surface area contributed by atoms with Crippen LogP contribution in [0.1, 0.15) is 41.6 Å². The van der Waals surface area contributed by atoms with Gasteiger partial charge in [0.2, 0.25) is 10.0 Å². The van der Waals surface area contributed by atoms with Crippen LogP contribution in [-0.4, -0.2) is 25.9 Å². The van der Waals surface area contributed by atoms with E-state index < -0.39 is 10.0 Å². The number of carbonyl (C=O) groups excluding carboxylic acids is 1. The van der Waals surface area contributed by atoms with Gasteiger partial charge in [-0.15, -0.1) is 0 Å². The zero-order chi connectivity index (χ0) is 18.1. The van der Waals surface area contributed by atoms with Gasteiger partial charge >= 0.3 is 0 Å². The van der Waals surface area contributed by atoms with E-state index in [1.165, 1.54) is 19.2 Å². The number of aryl methyl sites for hydroxylation is 1. The van der Waals surface area contributed by atoms with Crippen LogP contribution in [0.25, 0.3) is 0 Å². The molecule has 1 heterocycles. The molecular formula is C17H23N3O3S. The summed E-state index contributed by atoms with van der Waals surface area (Å²) < 4.78 is 27.8. The van der Waals surface area contributed by atoms with Crippen molar-refractivity contribution >= 4 is 21.6 Å². The molecule has 6 nitrogen and oxygen atoms in total. The molecule has 0 aliphatic heterocycles. The molecule has 0 saturated carbocycles. The summed E-state index contributed by atoms with van der Waals surface area (Å²) in [7, 11) is -2.12. The molecule has 0 unspecified atom stereocenters. The maximum atomic E-state index is 12.5. The van der Waals surface area contributed by atoms with Crippen LogP contribution in [0.4, 0.5) is 5.69 Å². The van der Waals surface area contributed by atoms with Gasteiger partial charge in [0.25, 0.3) is 5.91 Å². The molecule has 0 atom stereocenters. The molecule has 2 rings (SSSR count). The van der Waals surface area contributed by atoms with Crippen LogP contribution in [0.3, 0.4) is 0 Å². The molecule has 1 aromatic heterocycles. The predicted molar refractivity (Wildman–Crippen MR) is 94.9 cm³/mol. The number of hydrogen-bond donors (Lipinski definition) is 2. The number of carbonyl (C=O) groups is 1. The van der Waals surface area contributed by atoms with Crippen molar-refractivity contribution in [3.8, 4) is 0 Å². The third-order valence-corrected chi connectivity index (χ3v) is 5.37. The van der Waals surface area contributed by atoms with Crippen LogP contribution in [0.15, 0.2) is 35.2 Å². The fourth-order valence-corrected chi connectivity index (χ4v) is 3.57. The Morgan fingerprint density at radius 3 is 2.17 bits per heavy atom. The average molecular weight is 349 g/mol. The smallest absolute Gasteiger partial charge is 0.257 e. The standard InChI is InChI=1S/C17H23N3O3S/c1-11(2)20-12(3)10-16(13(20)4)17(21)19-14-6-8-15(9-7-14)24(22,23)18-5/h6-11,18H,1-5H3,(H,19,21). The molecule has 0 bridgehead atoms. The molecular weight excluding hydrogens is 326 g/mol. The Kier molecular flexibility index (Phi) is 5.15. The second-order valence-corrected chi connectivity index (χ2v) is 7.82. The summed E-state index contributed by atoms with van der Waals surface area (Å²) in [6.07, 6.45) is 0. The number of hydrogen-bond acceptors (Lipinski definition) is 3. The minimum absolute atomic E-state index is 0.154. The average Bonchev–Trinajstić information content (AvgIpc) is 2.82. The van der Waals surface area contributed by atoms with E-state index in [0.29, 0.717) is 11.3 Å². The first-order valence-electron chi connectivity index (χ1n) is 7.70. The van der Waals surface area contributed by atoms with Gasteiger partial charge in [0.15, 0.2) is 0 Å². The van der Waals surface area contributed by atoms with E-state index in [1.807, 2.05) is 19.9 Å². The van der Waals surface area contributed by atoms with E-state index in [0.717, 1.165) is 11.4 Å². The molecule has 2 aromatic rings. The van der Waals surface area contributed by atoms with Gasteiger partial charge in [0, 0.05) is 23.1 Å². The van der Waals surface area contributed by atoms with Crippen molar-refractivity contribution in [3.63, 3.8) is 0 Å². The lowest BCUT2D eigenvalue weighted by molar-refractivity contribution is 0.102. The second-order valence-electron chi connectivity index (χ2n) is 5.93. The molecule has 0 spiro atoms. The highest BCUT2D eigenvalue weighted by molar-refractivity contribution is 7.89. The number of benzene rings is 1. The van der Waals surface area contributed by atoms with Gasteiger partial charge in [-0.2, -0.15) is 0 Å². The molecule has 7 heteroatoms. The first kappa shape index (κ1) is 18.2. The third-order valence-electron chi connectivity index (χ3n) is 3.94. The van der Waals surface area contributed by atoms with Gasteiger partial charge in [0.1, 0.15) is 0 Å². The molecule has 1 amide bonds. The van der Waals surface area contributed by atoms with Crippen LogP contribution >= 0.6 is 0 Å². The van der Waals surface area contributed by atoms with Gasteiger partial charge in [-0.3, -0.25) is 4.79 Å². The normalized spacial score (nSPS) is 11.8. The summed E-state index contributed by atoms with van der Waals surface area (Å²) in [6, 6.07) is 8.20. The van der Waals surface area contributed by atoms with Crippen molar-refractivity contribution < 1.29 is 13.2 Å². The van der Waals surface area contributed by atoms with Crippen LogP contribution in [0.5, 0.6) is 0 Å². The Bertz CT molecular complexity index is 850. The largest absolute Gasteiger partial charge is 0.346 e. The Balaban J connectivity index is 2.23. The van der Waals surface area contributed by atoms with Crippen molar-refractivity contribution in [2.24, 2.45) is 0 Å². The molecule has 0 radical (unpaired) electrons. The molecule has 1 aromatic carbocycles. The van der Waals surface area contributed by atoms with Crippen molar-refractivity contribution in [2.45, 2.75) is 38.6 Å². The molecule has 0 saturated heterocycles. The summed E-state index contributed by atoms with van der Waals surface area (Å²) in [5, 5.41) is 2.81. The van der Waals surface area contributed by atoms with E-state index in [2.05, 4.69) is 28.5 Å². The van der Waals surface area contributed by atoms with Gasteiger partial charge < -0.3 is 9.88 Å². The topological polar surface area (TPSA) is 80.2 Å². The van der Waals surface area contributed by atoms with Gasteiger partial charge in [-0.1, -0.05) is 0 Å². The van der Waals surface area contributed by atoms with Crippen molar-refractivity contribution in [1.82, 2.24) is 9.29 Å². The fraction of sp³-hybridized carbons (Fsp3) is 0.353. The zero-order valence-corrected chi connectivity index (χ0v) is 15.4. The fourth-order valence-electron chi connectivity index (χ4n) is 2.84. The quantitative estimate of drug-likeness (QED) is 0.871. The van der Waals surface area contributed by atoms with Crippen LogP contribution < -0.4 is 10.0 Å². The summed E-state index contributed by atoms with van der Waals surface area (Å²) >= 11 is 0. The Hall–Kier alpha value is -2.12. The summed E-state index contributed by atoms with van der Waals surface area (Å²) in [4.78, 5) is 12.7. The number of aromatic nitrogens is 1. The summed E-state index contributed by atoms with van der Waals surface area (Å²) in [5.74, 6) is -0.209. The lowest BCUT2D eigenvalue weighted by Gasteiger charge is -2.13.